The van der Waals surface area contributed by atoms with Crippen molar-refractivity contribution in [2.45, 2.75) is 25.4 Å². The second kappa shape index (κ2) is 9.37. The van der Waals surface area contributed by atoms with Gasteiger partial charge >= 0.3 is 6.01 Å². The summed E-state index contributed by atoms with van der Waals surface area (Å²) in [5.41, 5.74) is 4.24. The Morgan fingerprint density at radius 3 is 2.17 bits per heavy atom. The van der Waals surface area contributed by atoms with Gasteiger partial charge in [-0.2, -0.15) is 4.98 Å². The van der Waals surface area contributed by atoms with Crippen molar-refractivity contribution in [2.24, 2.45) is 0 Å². The van der Waals surface area contributed by atoms with Gasteiger partial charge in [0.15, 0.2) is 0 Å². The van der Waals surface area contributed by atoms with Crippen LogP contribution in [0.1, 0.15) is 40.6 Å². The fourth-order valence-corrected chi connectivity index (χ4v) is 6.68. The quantitative estimate of drug-likeness (QED) is 0.294. The van der Waals surface area contributed by atoms with Crippen LogP contribution >= 0.6 is 11.3 Å². The lowest BCUT2D eigenvalue weighted by Crippen LogP contribution is -2.35. The Kier molecular flexibility index (Phi) is 5.91. The summed E-state index contributed by atoms with van der Waals surface area (Å²) in [4.78, 5) is 23.4. The highest BCUT2D eigenvalue weighted by atomic mass is 32.1. The maximum Gasteiger partial charge on any atom is 0.305 e. The fraction of sp³-hybridized carbons (Fsp3) is 0.200. The summed E-state index contributed by atoms with van der Waals surface area (Å²) in [7, 11) is 2.18. The molecule has 2 unspecified atom stereocenters. The number of hydrogen-bond acceptors (Lipinski definition) is 5. The second-order valence-electron chi connectivity index (χ2n) is 9.04. The summed E-state index contributed by atoms with van der Waals surface area (Å²) >= 11 is 1.62. The largest absolute Gasteiger partial charge is 0.465 e. The lowest BCUT2D eigenvalue weighted by Gasteiger charge is -2.40. The van der Waals surface area contributed by atoms with E-state index in [9.17, 15) is 4.79 Å². The van der Waals surface area contributed by atoms with Gasteiger partial charge in [-0.25, -0.2) is 4.57 Å². The summed E-state index contributed by atoms with van der Waals surface area (Å²) in [5.74, 6) is 0. The number of nitrogens with zero attached hydrogens (tertiary/aromatic N) is 3. The van der Waals surface area contributed by atoms with Crippen molar-refractivity contribution in [2.75, 3.05) is 13.7 Å². The van der Waals surface area contributed by atoms with Gasteiger partial charge in [0.05, 0.1) is 23.7 Å². The molecule has 0 bridgehead atoms. The monoisotopic (exact) mass is 493 g/mol. The molecule has 0 saturated heterocycles. The van der Waals surface area contributed by atoms with Gasteiger partial charge in [0.25, 0.3) is 5.56 Å². The van der Waals surface area contributed by atoms with Gasteiger partial charge in [-0.05, 0) is 49.2 Å². The Hall–Kier alpha value is -3.74. The molecule has 0 N–H and O–H groups in total. The molecule has 0 radical (unpaired) electrons. The molecule has 3 aromatic carbocycles. The van der Waals surface area contributed by atoms with Crippen molar-refractivity contribution in [3.05, 3.63) is 123 Å². The molecule has 2 aromatic heterocycles. The van der Waals surface area contributed by atoms with Crippen molar-refractivity contribution >= 4 is 21.6 Å². The van der Waals surface area contributed by atoms with Gasteiger partial charge in [0, 0.05) is 10.9 Å². The molecule has 5 nitrogen and oxygen atoms in total. The Morgan fingerprint density at radius 1 is 0.917 bits per heavy atom. The van der Waals surface area contributed by atoms with E-state index in [0.717, 1.165) is 22.5 Å². The molecule has 6 rings (SSSR count). The molecule has 0 saturated carbocycles. The Balaban J connectivity index is 1.63. The smallest absolute Gasteiger partial charge is 0.305 e. The third-order valence-electron chi connectivity index (χ3n) is 6.96. The van der Waals surface area contributed by atoms with Crippen LogP contribution in [-0.2, 0) is 6.42 Å². The van der Waals surface area contributed by atoms with Crippen LogP contribution < -0.4 is 10.3 Å². The van der Waals surface area contributed by atoms with Gasteiger partial charge in [-0.1, -0.05) is 78.9 Å². The second-order valence-corrected chi connectivity index (χ2v) is 10.1. The van der Waals surface area contributed by atoms with Crippen LogP contribution in [-0.4, -0.2) is 28.1 Å². The van der Waals surface area contributed by atoms with Crippen molar-refractivity contribution < 1.29 is 4.74 Å². The first-order valence-electron chi connectivity index (χ1n) is 12.3. The van der Waals surface area contributed by atoms with Gasteiger partial charge in [-0.3, -0.25) is 9.69 Å². The van der Waals surface area contributed by atoms with Crippen molar-refractivity contribution in [3.63, 3.8) is 0 Å². The number of thiophene rings is 1. The van der Waals surface area contributed by atoms with Gasteiger partial charge in [0.2, 0.25) is 0 Å². The van der Waals surface area contributed by atoms with Crippen molar-refractivity contribution in [1.29, 1.82) is 0 Å². The van der Waals surface area contributed by atoms with Crippen LogP contribution in [0.2, 0.25) is 0 Å². The zero-order chi connectivity index (χ0) is 24.6. The number of benzene rings is 3. The normalized spacial score (nSPS) is 17.7. The van der Waals surface area contributed by atoms with E-state index in [2.05, 4.69) is 60.5 Å². The average Bonchev–Trinajstić information content (AvgIpc) is 3.28. The minimum atomic E-state index is -0.0738. The molecule has 0 amide bonds. The molecule has 5 aromatic rings. The fourth-order valence-electron chi connectivity index (χ4n) is 5.31. The predicted octanol–water partition coefficient (Wildman–Crippen LogP) is 6.16. The molecule has 2 atom stereocenters. The molecule has 1 aliphatic heterocycles. The lowest BCUT2D eigenvalue weighted by molar-refractivity contribution is 0.185. The maximum absolute atomic E-state index is 14.2. The lowest BCUT2D eigenvalue weighted by atomic mass is 9.87. The number of ether oxygens (including phenoxy) is 1. The number of hydrogen-bond donors (Lipinski definition) is 0. The summed E-state index contributed by atoms with van der Waals surface area (Å²) in [6, 6.07) is 31.2. The molecule has 3 heterocycles. The van der Waals surface area contributed by atoms with Crippen LogP contribution in [0.15, 0.2) is 95.8 Å². The van der Waals surface area contributed by atoms with Crippen LogP contribution in [0, 0.1) is 0 Å². The first-order chi connectivity index (χ1) is 17.7. The molecule has 36 heavy (non-hydrogen) atoms. The first kappa shape index (κ1) is 22.7. The predicted molar refractivity (Wildman–Crippen MR) is 145 cm³/mol. The van der Waals surface area contributed by atoms with Gasteiger partial charge in [-0.15, -0.1) is 11.3 Å². The number of likely N-dealkylation sites (N-methyl/N-ethyl adjacent to an activating group) is 1. The Bertz CT molecular complexity index is 1560. The molecular weight excluding hydrogens is 466 g/mol. The molecule has 0 fully saturated rings. The van der Waals surface area contributed by atoms with Crippen LogP contribution in [0.5, 0.6) is 6.01 Å². The minimum absolute atomic E-state index is 0.0273. The number of para-hydroxylation sites is 1. The van der Waals surface area contributed by atoms with E-state index < -0.39 is 0 Å². The standard InChI is InChI=1S/C30H27N3O2S/c1-3-35-30-31-28-25(29(34)33(30)22-17-11-6-12-18-22)23-19-24(20-13-7-4-8-14-20)32(2)26(27(23)36-28)21-15-9-5-10-16-21/h4-18,24,26H,3,19H2,1-2H3. The summed E-state index contributed by atoms with van der Waals surface area (Å²) in [5, 5.41) is 0.706. The molecule has 6 heteroatoms. The van der Waals surface area contributed by atoms with E-state index >= 15 is 0 Å². The summed E-state index contributed by atoms with van der Waals surface area (Å²) in [6.07, 6.45) is 0.749. The van der Waals surface area contributed by atoms with E-state index in [0.29, 0.717) is 18.0 Å². The zero-order valence-electron chi connectivity index (χ0n) is 20.3. The third-order valence-corrected chi connectivity index (χ3v) is 8.14. The van der Waals surface area contributed by atoms with Crippen molar-refractivity contribution in [3.8, 4) is 11.7 Å². The zero-order valence-corrected chi connectivity index (χ0v) is 21.1. The number of aromatic nitrogens is 2. The van der Waals surface area contributed by atoms with E-state index in [-0.39, 0.29) is 17.6 Å². The number of rotatable bonds is 5. The average molecular weight is 494 g/mol. The molecule has 0 aliphatic carbocycles. The summed E-state index contributed by atoms with van der Waals surface area (Å²) in [6.45, 7) is 2.34. The molecule has 0 spiro atoms. The van der Waals surface area contributed by atoms with E-state index in [1.54, 1.807) is 15.9 Å². The highest BCUT2D eigenvalue weighted by molar-refractivity contribution is 7.19. The minimum Gasteiger partial charge on any atom is -0.465 e. The summed E-state index contributed by atoms with van der Waals surface area (Å²) < 4.78 is 7.50. The Labute approximate surface area is 214 Å². The van der Waals surface area contributed by atoms with E-state index in [4.69, 9.17) is 9.72 Å². The van der Waals surface area contributed by atoms with Crippen LogP contribution in [0.4, 0.5) is 0 Å². The SMILES string of the molecule is CCOc1nc2sc3c(c2c(=O)n1-c1ccccc1)CC(c1ccccc1)N(C)C3c1ccccc1. The molecular formula is C30H27N3O2S. The highest BCUT2D eigenvalue weighted by Crippen LogP contribution is 2.48. The first-order valence-corrected chi connectivity index (χ1v) is 13.1. The third kappa shape index (κ3) is 3.74. The maximum atomic E-state index is 14.2. The van der Waals surface area contributed by atoms with Gasteiger partial charge < -0.3 is 4.74 Å². The van der Waals surface area contributed by atoms with Gasteiger partial charge in [0.1, 0.15) is 4.83 Å². The molecule has 1 aliphatic rings. The van der Waals surface area contributed by atoms with E-state index in [1.165, 1.54) is 16.0 Å². The van der Waals surface area contributed by atoms with E-state index in [1.807, 2.05) is 49.4 Å². The topological polar surface area (TPSA) is 47.4 Å². The van der Waals surface area contributed by atoms with Crippen molar-refractivity contribution in [1.82, 2.24) is 14.5 Å². The highest BCUT2D eigenvalue weighted by Gasteiger charge is 2.37. The molecule has 180 valence electrons. The van der Waals surface area contributed by atoms with Crippen LogP contribution in [0.3, 0.4) is 0 Å². The number of fused-ring (bicyclic) bond motifs is 3. The Morgan fingerprint density at radius 2 is 1.53 bits per heavy atom. The van der Waals surface area contributed by atoms with Crippen LogP contribution in [0.25, 0.3) is 15.9 Å².